The van der Waals surface area contributed by atoms with Crippen LogP contribution in [0.25, 0.3) is 0 Å². The first kappa shape index (κ1) is 10.7. The monoisotopic (exact) mass is 198 g/mol. The van der Waals surface area contributed by atoms with Crippen LogP contribution in [0.3, 0.4) is 0 Å². The van der Waals surface area contributed by atoms with Gasteiger partial charge in [-0.1, -0.05) is 5.92 Å². The smallest absolute Gasteiger partial charge is 0.296 e. The van der Waals surface area contributed by atoms with Gasteiger partial charge in [0.1, 0.15) is 0 Å². The molecule has 0 unspecified atom stereocenters. The number of carbonyl (C=O) groups excluding carboxylic acids is 1. The van der Waals surface area contributed by atoms with Gasteiger partial charge >= 0.3 is 0 Å². The number of hydrogen-bond donors (Lipinski definition) is 2. The van der Waals surface area contributed by atoms with Crippen molar-refractivity contribution >= 4 is 11.6 Å². The molecule has 3 heteroatoms. The van der Waals surface area contributed by atoms with E-state index in [0.717, 1.165) is 5.56 Å². The van der Waals surface area contributed by atoms with E-state index in [1.165, 1.54) is 7.05 Å². The molecule has 0 bridgehead atoms. The summed E-state index contributed by atoms with van der Waals surface area (Å²) in [5.41, 5.74) is 7.02. The lowest BCUT2D eigenvalue weighted by atomic mass is 10.2. The minimum atomic E-state index is -0.346. The van der Waals surface area contributed by atoms with E-state index in [0.29, 0.717) is 5.69 Å². The third-order valence-corrected chi connectivity index (χ3v) is 1.58. The van der Waals surface area contributed by atoms with Crippen molar-refractivity contribution in [1.82, 2.24) is 5.32 Å². The van der Waals surface area contributed by atoms with Crippen LogP contribution in [-0.2, 0) is 4.79 Å². The summed E-state index contributed by atoms with van der Waals surface area (Å²) in [6, 6.07) is 7.11. The molecule has 3 N–H and O–H groups in total. The summed E-state index contributed by atoms with van der Waals surface area (Å²) >= 11 is 0. The van der Waals surface area contributed by atoms with Gasteiger partial charge in [-0.2, -0.15) is 0 Å². The molecule has 0 radical (unpaired) electrons. The van der Waals surface area contributed by atoms with Crippen LogP contribution in [0.2, 0.25) is 0 Å². The summed E-state index contributed by atoms with van der Waals surface area (Å²) in [5.74, 6) is 9.78. The number of benzene rings is 1. The van der Waals surface area contributed by atoms with Crippen LogP contribution in [-0.4, -0.2) is 13.0 Å². The average Bonchev–Trinajstić information content (AvgIpc) is 2.26. The second-order valence-electron chi connectivity index (χ2n) is 2.70. The molecule has 0 aliphatic heterocycles. The average molecular weight is 198 g/mol. The van der Waals surface area contributed by atoms with Crippen molar-refractivity contribution < 1.29 is 4.79 Å². The fraction of sp³-hybridized carbons (Fsp3) is 0.0833. The fourth-order valence-electron chi connectivity index (χ4n) is 0.820. The number of nitrogen functional groups attached to an aromatic ring is 1. The van der Waals surface area contributed by atoms with E-state index in [9.17, 15) is 4.79 Å². The first-order chi connectivity index (χ1) is 7.22. The largest absolute Gasteiger partial charge is 0.399 e. The summed E-state index contributed by atoms with van der Waals surface area (Å²) in [6.45, 7) is 0. The summed E-state index contributed by atoms with van der Waals surface area (Å²) in [5, 5.41) is 2.37. The Hall–Kier alpha value is -2.39. The maximum Gasteiger partial charge on any atom is 0.296 e. The minimum absolute atomic E-state index is 0.346. The molecule has 1 amide bonds. The molecule has 1 aromatic rings. The number of amides is 1. The van der Waals surface area contributed by atoms with Gasteiger partial charge in [-0.15, -0.1) is 0 Å². The van der Waals surface area contributed by atoms with Crippen LogP contribution in [0.15, 0.2) is 24.3 Å². The first-order valence-electron chi connectivity index (χ1n) is 4.31. The maximum atomic E-state index is 10.7. The normalized spacial score (nSPS) is 7.80. The van der Waals surface area contributed by atoms with Crippen molar-refractivity contribution in [2.75, 3.05) is 12.8 Å². The van der Waals surface area contributed by atoms with Gasteiger partial charge in [-0.25, -0.2) is 0 Å². The topological polar surface area (TPSA) is 55.1 Å². The Morgan fingerprint density at radius 2 is 1.93 bits per heavy atom. The van der Waals surface area contributed by atoms with Crippen LogP contribution < -0.4 is 11.1 Å². The van der Waals surface area contributed by atoms with Crippen LogP contribution in [0.4, 0.5) is 5.69 Å². The third-order valence-electron chi connectivity index (χ3n) is 1.58. The van der Waals surface area contributed by atoms with Crippen LogP contribution in [0.5, 0.6) is 0 Å². The Morgan fingerprint density at radius 1 is 1.27 bits per heavy atom. The van der Waals surface area contributed by atoms with Gasteiger partial charge in [0.15, 0.2) is 0 Å². The Labute approximate surface area is 88.7 Å². The molecule has 0 saturated heterocycles. The zero-order valence-electron chi connectivity index (χ0n) is 8.29. The van der Waals surface area contributed by atoms with Crippen molar-refractivity contribution in [2.45, 2.75) is 0 Å². The van der Waals surface area contributed by atoms with Crippen molar-refractivity contribution in [1.29, 1.82) is 0 Å². The fourth-order valence-corrected chi connectivity index (χ4v) is 0.820. The van der Waals surface area contributed by atoms with Crippen molar-refractivity contribution in [2.24, 2.45) is 0 Å². The highest BCUT2D eigenvalue weighted by Crippen LogP contribution is 2.03. The molecule has 0 fully saturated rings. The second kappa shape index (κ2) is 5.36. The number of rotatable bonds is 0. The molecular weight excluding hydrogens is 188 g/mol. The van der Waals surface area contributed by atoms with Gasteiger partial charge in [-0.3, -0.25) is 4.79 Å². The summed E-state index contributed by atoms with van der Waals surface area (Å²) < 4.78 is 0. The Balaban J connectivity index is 2.69. The summed E-state index contributed by atoms with van der Waals surface area (Å²) in [7, 11) is 1.52. The Morgan fingerprint density at radius 3 is 2.53 bits per heavy atom. The van der Waals surface area contributed by atoms with Crippen molar-refractivity contribution in [3.63, 3.8) is 0 Å². The lowest BCUT2D eigenvalue weighted by molar-refractivity contribution is -0.115. The van der Waals surface area contributed by atoms with Crippen LogP contribution in [0, 0.1) is 23.7 Å². The van der Waals surface area contributed by atoms with Gasteiger partial charge < -0.3 is 11.1 Å². The predicted octanol–water partition coefficient (Wildman–Crippen LogP) is 0.370. The van der Waals surface area contributed by atoms with Crippen LogP contribution in [0.1, 0.15) is 5.56 Å². The van der Waals surface area contributed by atoms with Gasteiger partial charge in [0, 0.05) is 24.2 Å². The lowest BCUT2D eigenvalue weighted by Gasteiger charge is -1.90. The first-order valence-corrected chi connectivity index (χ1v) is 4.31. The maximum absolute atomic E-state index is 10.7. The molecule has 1 aromatic carbocycles. The second-order valence-corrected chi connectivity index (χ2v) is 2.70. The molecule has 15 heavy (non-hydrogen) atoms. The molecule has 3 nitrogen and oxygen atoms in total. The highest BCUT2D eigenvalue weighted by atomic mass is 16.1. The Bertz CT molecular complexity index is 466. The van der Waals surface area contributed by atoms with E-state index in [1.807, 2.05) is 0 Å². The number of nitrogens with one attached hydrogen (secondary N) is 1. The summed E-state index contributed by atoms with van der Waals surface area (Å²) in [6.07, 6.45) is 0. The van der Waals surface area contributed by atoms with Crippen LogP contribution >= 0.6 is 0 Å². The SMILES string of the molecule is CNC(=O)C#CC#Cc1ccc(N)cc1. The number of anilines is 1. The van der Waals surface area contributed by atoms with Gasteiger partial charge in [0.2, 0.25) is 0 Å². The zero-order valence-corrected chi connectivity index (χ0v) is 8.29. The van der Waals surface area contributed by atoms with Gasteiger partial charge in [0.25, 0.3) is 5.91 Å². The van der Waals surface area contributed by atoms with E-state index in [2.05, 4.69) is 29.0 Å². The molecule has 0 atom stereocenters. The van der Waals surface area contributed by atoms with Gasteiger partial charge in [-0.05, 0) is 36.1 Å². The number of carbonyl (C=O) groups is 1. The standard InChI is InChI=1S/C12H10N2O/c1-14-12(15)5-3-2-4-10-6-8-11(13)9-7-10/h6-9H,13H2,1H3,(H,14,15). The van der Waals surface area contributed by atoms with Crippen molar-refractivity contribution in [3.8, 4) is 23.7 Å². The molecule has 0 saturated carbocycles. The van der Waals surface area contributed by atoms with E-state index in [1.54, 1.807) is 24.3 Å². The highest BCUT2D eigenvalue weighted by molar-refractivity contribution is 5.93. The van der Waals surface area contributed by atoms with E-state index in [-0.39, 0.29) is 5.91 Å². The molecule has 0 spiro atoms. The number of hydrogen-bond acceptors (Lipinski definition) is 2. The quantitative estimate of drug-likeness (QED) is 0.467. The molecule has 0 aliphatic rings. The molecule has 0 aromatic heterocycles. The lowest BCUT2D eigenvalue weighted by Crippen LogP contribution is -2.14. The van der Waals surface area contributed by atoms with Crippen molar-refractivity contribution in [3.05, 3.63) is 29.8 Å². The molecule has 1 rings (SSSR count). The molecular formula is C12H10N2O. The molecule has 74 valence electrons. The highest BCUT2D eigenvalue weighted by Gasteiger charge is 1.85. The van der Waals surface area contributed by atoms with E-state index >= 15 is 0 Å². The predicted molar refractivity (Wildman–Crippen MR) is 59.6 cm³/mol. The number of nitrogens with two attached hydrogens (primary N) is 1. The van der Waals surface area contributed by atoms with E-state index in [4.69, 9.17) is 5.73 Å². The zero-order chi connectivity index (χ0) is 11.1. The van der Waals surface area contributed by atoms with Gasteiger partial charge in [0.05, 0.1) is 0 Å². The Kier molecular flexibility index (Phi) is 3.82. The minimum Gasteiger partial charge on any atom is -0.399 e. The molecule has 0 heterocycles. The third kappa shape index (κ3) is 3.89. The summed E-state index contributed by atoms with van der Waals surface area (Å²) in [4.78, 5) is 10.7. The molecule has 0 aliphatic carbocycles. The van der Waals surface area contributed by atoms with E-state index < -0.39 is 0 Å².